The highest BCUT2D eigenvalue weighted by atomic mass is 32.1. The molecule has 0 bridgehead atoms. The van der Waals surface area contributed by atoms with Crippen molar-refractivity contribution < 1.29 is 14.0 Å². The number of rotatable bonds is 5. The zero-order valence-corrected chi connectivity index (χ0v) is 13.8. The van der Waals surface area contributed by atoms with Gasteiger partial charge in [0.1, 0.15) is 11.5 Å². The quantitative estimate of drug-likeness (QED) is 0.535. The third-order valence-electron chi connectivity index (χ3n) is 3.11. The molecule has 0 aliphatic carbocycles. The highest BCUT2D eigenvalue weighted by Crippen LogP contribution is 2.27. The van der Waals surface area contributed by atoms with Crippen molar-refractivity contribution in [2.45, 2.75) is 13.5 Å². The Balaban J connectivity index is 1.44. The monoisotopic (exact) mass is 357 g/mol. The average molecular weight is 357 g/mol. The van der Waals surface area contributed by atoms with E-state index in [2.05, 4.69) is 20.2 Å². The van der Waals surface area contributed by atoms with E-state index in [-0.39, 0.29) is 12.2 Å². The van der Waals surface area contributed by atoms with Gasteiger partial charge in [-0.05, 0) is 42.5 Å². The van der Waals surface area contributed by atoms with Gasteiger partial charge in [0.05, 0.1) is 0 Å². The Labute approximate surface area is 144 Å². The molecule has 0 spiro atoms. The van der Waals surface area contributed by atoms with Gasteiger partial charge in [0.15, 0.2) is 12.4 Å². The first-order valence-electron chi connectivity index (χ1n) is 7.22. The van der Waals surface area contributed by atoms with Crippen molar-refractivity contribution in [2.75, 3.05) is 0 Å². The maximum atomic E-state index is 11.7. The van der Waals surface area contributed by atoms with Crippen LogP contribution in [-0.4, -0.2) is 24.7 Å². The molecular weight excluding hydrogens is 346 g/mol. The van der Waals surface area contributed by atoms with Gasteiger partial charge in [-0.15, -0.1) is 5.10 Å². The van der Waals surface area contributed by atoms with Gasteiger partial charge in [0.25, 0.3) is 16.6 Å². The maximum Gasteiger partial charge on any atom is 0.299 e. The van der Waals surface area contributed by atoms with E-state index >= 15 is 0 Å². The Bertz CT molecular complexity index is 1070. The molecule has 0 radical (unpaired) electrons. The van der Waals surface area contributed by atoms with Crippen molar-refractivity contribution in [1.82, 2.24) is 24.7 Å². The minimum atomic E-state index is -0.254. The van der Waals surface area contributed by atoms with Gasteiger partial charge in [-0.2, -0.15) is 9.50 Å². The lowest BCUT2D eigenvalue weighted by Crippen LogP contribution is -2.12. The number of aromatic nitrogens is 5. The van der Waals surface area contributed by atoms with Crippen LogP contribution in [0.3, 0.4) is 0 Å². The second-order valence-corrected chi connectivity index (χ2v) is 5.86. The summed E-state index contributed by atoms with van der Waals surface area (Å²) in [6.07, 6.45) is 1.44. The highest BCUT2D eigenvalue weighted by Gasteiger charge is 2.09. The molecule has 4 rings (SSSR count). The SMILES string of the molecule is Cc1noc(COc2ccc(Oc3nn4c(=O)ccnc4s3)cc2)n1. The second-order valence-electron chi connectivity index (χ2n) is 4.94. The molecule has 0 saturated carbocycles. The molecular formula is C15H11N5O4S. The van der Waals surface area contributed by atoms with Crippen LogP contribution in [0.25, 0.3) is 4.96 Å². The van der Waals surface area contributed by atoms with Crippen LogP contribution in [0.2, 0.25) is 0 Å². The number of aryl methyl sites for hydroxylation is 1. The van der Waals surface area contributed by atoms with Crippen molar-refractivity contribution in [3.63, 3.8) is 0 Å². The molecule has 3 heterocycles. The zero-order valence-electron chi connectivity index (χ0n) is 12.9. The van der Waals surface area contributed by atoms with E-state index in [9.17, 15) is 4.79 Å². The molecule has 4 aromatic rings. The summed E-state index contributed by atoms with van der Waals surface area (Å²) in [6.45, 7) is 1.93. The molecule has 1 aromatic carbocycles. The molecule has 3 aromatic heterocycles. The standard InChI is InChI=1S/C15H11N5O4S/c1-9-17-12(24-19-9)8-22-10-2-4-11(5-3-10)23-15-18-20-13(21)6-7-16-14(20)25-15/h2-7H,8H2,1H3. The van der Waals surface area contributed by atoms with Gasteiger partial charge >= 0.3 is 0 Å². The summed E-state index contributed by atoms with van der Waals surface area (Å²) in [5.74, 6) is 2.16. The molecule has 25 heavy (non-hydrogen) atoms. The lowest BCUT2D eigenvalue weighted by molar-refractivity contribution is 0.242. The summed E-state index contributed by atoms with van der Waals surface area (Å²) < 4.78 is 17.4. The smallest absolute Gasteiger partial charge is 0.299 e. The van der Waals surface area contributed by atoms with Crippen molar-refractivity contribution in [3.8, 4) is 16.7 Å². The van der Waals surface area contributed by atoms with Crippen LogP contribution >= 0.6 is 11.3 Å². The Kier molecular flexibility index (Phi) is 3.86. The highest BCUT2D eigenvalue weighted by molar-refractivity contribution is 7.18. The van der Waals surface area contributed by atoms with Crippen molar-refractivity contribution in [1.29, 1.82) is 0 Å². The molecule has 0 aliphatic heterocycles. The third kappa shape index (κ3) is 3.33. The molecule has 126 valence electrons. The van der Waals surface area contributed by atoms with E-state index in [0.29, 0.717) is 33.4 Å². The molecule has 9 nitrogen and oxygen atoms in total. The summed E-state index contributed by atoms with van der Waals surface area (Å²) in [4.78, 5) is 20.3. The van der Waals surface area contributed by atoms with Crippen molar-refractivity contribution in [3.05, 3.63) is 58.6 Å². The van der Waals surface area contributed by atoms with Crippen molar-refractivity contribution in [2.24, 2.45) is 0 Å². The largest absolute Gasteiger partial charge is 0.484 e. The number of fused-ring (bicyclic) bond motifs is 1. The second kappa shape index (κ2) is 6.32. The van der Waals surface area contributed by atoms with E-state index < -0.39 is 0 Å². The fourth-order valence-corrected chi connectivity index (χ4v) is 2.76. The summed E-state index contributed by atoms with van der Waals surface area (Å²) in [5, 5.41) is 8.10. The van der Waals surface area contributed by atoms with Crippen LogP contribution in [0.15, 0.2) is 45.8 Å². The van der Waals surface area contributed by atoms with E-state index in [1.165, 1.54) is 28.1 Å². The predicted octanol–water partition coefficient (Wildman–Crippen LogP) is 2.21. The van der Waals surface area contributed by atoms with Crippen LogP contribution < -0.4 is 15.0 Å². The minimum Gasteiger partial charge on any atom is -0.484 e. The van der Waals surface area contributed by atoms with Gasteiger partial charge in [0.2, 0.25) is 4.96 Å². The first kappa shape index (κ1) is 15.3. The van der Waals surface area contributed by atoms with Crippen LogP contribution in [0.4, 0.5) is 0 Å². The van der Waals surface area contributed by atoms with Gasteiger partial charge in [0, 0.05) is 12.3 Å². The maximum absolute atomic E-state index is 11.7. The topological polar surface area (TPSA) is 105 Å². The Morgan fingerprint density at radius 3 is 2.72 bits per heavy atom. The molecule has 10 heteroatoms. The van der Waals surface area contributed by atoms with E-state index in [1.807, 2.05) is 0 Å². The van der Waals surface area contributed by atoms with Crippen LogP contribution in [0.5, 0.6) is 16.7 Å². The van der Waals surface area contributed by atoms with E-state index in [1.54, 1.807) is 31.2 Å². The lowest BCUT2D eigenvalue weighted by atomic mass is 10.3. The minimum absolute atomic E-state index is 0.188. The van der Waals surface area contributed by atoms with Gasteiger partial charge in [-0.3, -0.25) is 4.79 Å². The van der Waals surface area contributed by atoms with E-state index in [0.717, 1.165) is 0 Å². The number of hydrogen-bond donors (Lipinski definition) is 0. The molecule has 0 amide bonds. The third-order valence-corrected chi connectivity index (χ3v) is 3.91. The summed E-state index contributed by atoms with van der Waals surface area (Å²) in [5.41, 5.74) is -0.254. The Morgan fingerprint density at radius 1 is 1.20 bits per heavy atom. The average Bonchev–Trinajstić information content (AvgIpc) is 3.21. The summed E-state index contributed by atoms with van der Waals surface area (Å²) >= 11 is 1.18. The molecule has 0 fully saturated rings. The molecule has 0 N–H and O–H groups in total. The van der Waals surface area contributed by atoms with Gasteiger partial charge < -0.3 is 14.0 Å². The number of benzene rings is 1. The first-order valence-corrected chi connectivity index (χ1v) is 8.04. The molecule has 0 aliphatic rings. The summed E-state index contributed by atoms with van der Waals surface area (Å²) in [7, 11) is 0. The number of hydrogen-bond acceptors (Lipinski definition) is 9. The Hall–Kier alpha value is -3.27. The summed E-state index contributed by atoms with van der Waals surface area (Å²) in [6, 6.07) is 8.30. The van der Waals surface area contributed by atoms with Crippen LogP contribution in [-0.2, 0) is 6.61 Å². The number of ether oxygens (including phenoxy) is 2. The lowest BCUT2D eigenvalue weighted by Gasteiger charge is -2.04. The van der Waals surface area contributed by atoms with Gasteiger partial charge in [-0.1, -0.05) is 5.16 Å². The van der Waals surface area contributed by atoms with Crippen LogP contribution in [0, 0.1) is 6.92 Å². The fraction of sp³-hybridized carbons (Fsp3) is 0.133. The molecule has 0 unspecified atom stereocenters. The van der Waals surface area contributed by atoms with E-state index in [4.69, 9.17) is 14.0 Å². The Morgan fingerprint density at radius 2 is 2.00 bits per heavy atom. The number of nitrogens with zero attached hydrogens (tertiary/aromatic N) is 5. The zero-order chi connectivity index (χ0) is 17.2. The van der Waals surface area contributed by atoms with Crippen LogP contribution in [0.1, 0.15) is 11.7 Å². The van der Waals surface area contributed by atoms with Crippen molar-refractivity contribution >= 4 is 16.3 Å². The first-order chi connectivity index (χ1) is 12.2. The normalized spacial score (nSPS) is 10.9. The molecule has 0 saturated heterocycles. The fourth-order valence-electron chi connectivity index (χ4n) is 2.02. The van der Waals surface area contributed by atoms with Gasteiger partial charge in [-0.25, -0.2) is 4.98 Å². The predicted molar refractivity (Wildman–Crippen MR) is 87.0 cm³/mol. The molecule has 0 atom stereocenters.